The molecule has 0 fully saturated rings. The largest absolute Gasteiger partial charge is 0.294 e. The van der Waals surface area contributed by atoms with E-state index in [1.165, 1.54) is 11.3 Å². The van der Waals surface area contributed by atoms with Crippen molar-refractivity contribution in [2.75, 3.05) is 0 Å². The third-order valence-corrected chi connectivity index (χ3v) is 4.28. The molecule has 0 atom stereocenters. The quantitative estimate of drug-likeness (QED) is 0.732. The predicted octanol–water partition coefficient (Wildman–Crippen LogP) is 4.96. The number of thiazole rings is 1. The summed E-state index contributed by atoms with van der Waals surface area (Å²) in [5.41, 5.74) is 1.57. The Labute approximate surface area is 122 Å². The molecule has 2 aromatic rings. The number of halogens is 1. The van der Waals surface area contributed by atoms with Crippen LogP contribution in [-0.2, 0) is 5.41 Å². The minimum absolute atomic E-state index is 0.0562. The molecule has 0 amide bonds. The van der Waals surface area contributed by atoms with E-state index in [0.717, 1.165) is 21.1 Å². The van der Waals surface area contributed by atoms with E-state index in [1.807, 2.05) is 24.3 Å². The standard InChI is InChI=1S/C15H16ClNOS/c1-9(18)12-13(15(2,3)4)17-14(19-12)10-7-5-6-8-11(10)16/h5-8H,1-4H3. The zero-order valence-corrected chi connectivity index (χ0v) is 13.0. The first kappa shape index (κ1) is 14.2. The number of carbonyl (C=O) groups excluding carboxylic acids is 1. The van der Waals surface area contributed by atoms with Crippen molar-refractivity contribution in [3.05, 3.63) is 39.9 Å². The molecule has 0 unspecified atom stereocenters. The summed E-state index contributed by atoms with van der Waals surface area (Å²) in [6.45, 7) is 7.76. The van der Waals surface area contributed by atoms with Crippen LogP contribution in [0.5, 0.6) is 0 Å². The van der Waals surface area contributed by atoms with Gasteiger partial charge in [0.1, 0.15) is 5.01 Å². The van der Waals surface area contributed by atoms with Crippen LogP contribution in [0, 0.1) is 0 Å². The van der Waals surface area contributed by atoms with E-state index in [9.17, 15) is 4.79 Å². The molecule has 1 aromatic carbocycles. The number of hydrogen-bond donors (Lipinski definition) is 0. The molecule has 19 heavy (non-hydrogen) atoms. The second-order valence-electron chi connectivity index (χ2n) is 5.48. The first-order valence-electron chi connectivity index (χ1n) is 6.08. The summed E-state index contributed by atoms with van der Waals surface area (Å²) in [7, 11) is 0. The van der Waals surface area contributed by atoms with E-state index in [2.05, 4.69) is 25.8 Å². The minimum Gasteiger partial charge on any atom is -0.294 e. The Kier molecular flexibility index (Phi) is 3.79. The van der Waals surface area contributed by atoms with Crippen LogP contribution in [0.15, 0.2) is 24.3 Å². The van der Waals surface area contributed by atoms with Crippen molar-refractivity contribution in [3.63, 3.8) is 0 Å². The molecular weight excluding hydrogens is 278 g/mol. The van der Waals surface area contributed by atoms with E-state index < -0.39 is 0 Å². The summed E-state index contributed by atoms with van der Waals surface area (Å²) in [5, 5.41) is 1.47. The van der Waals surface area contributed by atoms with Crippen LogP contribution < -0.4 is 0 Å². The number of Topliss-reactive ketones (excluding diaryl/α,β-unsaturated/α-hetero) is 1. The summed E-state index contributed by atoms with van der Waals surface area (Å²) in [6.07, 6.45) is 0. The fourth-order valence-electron chi connectivity index (χ4n) is 1.82. The Hall–Kier alpha value is -1.19. The van der Waals surface area contributed by atoms with Gasteiger partial charge in [0.25, 0.3) is 0 Å². The minimum atomic E-state index is -0.156. The number of nitrogens with zero attached hydrogens (tertiary/aromatic N) is 1. The van der Waals surface area contributed by atoms with Crippen molar-refractivity contribution in [2.24, 2.45) is 0 Å². The fraction of sp³-hybridized carbons (Fsp3) is 0.333. The topological polar surface area (TPSA) is 30.0 Å². The first-order valence-corrected chi connectivity index (χ1v) is 7.27. The van der Waals surface area contributed by atoms with Crippen LogP contribution in [0.4, 0.5) is 0 Å². The molecule has 0 N–H and O–H groups in total. The van der Waals surface area contributed by atoms with Gasteiger partial charge in [-0.3, -0.25) is 4.79 Å². The number of aromatic nitrogens is 1. The molecule has 1 heterocycles. The fourth-order valence-corrected chi connectivity index (χ4v) is 3.31. The Morgan fingerprint density at radius 2 is 1.89 bits per heavy atom. The zero-order chi connectivity index (χ0) is 14.2. The molecule has 0 aliphatic heterocycles. The zero-order valence-electron chi connectivity index (χ0n) is 11.5. The SMILES string of the molecule is CC(=O)c1sc(-c2ccccc2Cl)nc1C(C)(C)C. The predicted molar refractivity (Wildman–Crippen MR) is 81.3 cm³/mol. The summed E-state index contributed by atoms with van der Waals surface area (Å²) < 4.78 is 0. The van der Waals surface area contributed by atoms with E-state index in [0.29, 0.717) is 5.02 Å². The normalized spacial score (nSPS) is 11.6. The third kappa shape index (κ3) is 2.88. The van der Waals surface area contributed by atoms with Crippen molar-refractivity contribution in [2.45, 2.75) is 33.1 Å². The second-order valence-corrected chi connectivity index (χ2v) is 6.89. The molecule has 2 nitrogen and oxygen atoms in total. The molecule has 2 rings (SSSR count). The van der Waals surface area contributed by atoms with Gasteiger partial charge >= 0.3 is 0 Å². The van der Waals surface area contributed by atoms with Crippen LogP contribution in [0.25, 0.3) is 10.6 Å². The second kappa shape index (κ2) is 5.06. The van der Waals surface area contributed by atoms with E-state index in [1.54, 1.807) is 6.92 Å². The van der Waals surface area contributed by atoms with E-state index >= 15 is 0 Å². The number of ketones is 1. The highest BCUT2D eigenvalue weighted by molar-refractivity contribution is 7.17. The lowest BCUT2D eigenvalue weighted by Crippen LogP contribution is -2.15. The number of carbonyl (C=O) groups is 1. The van der Waals surface area contributed by atoms with Crippen molar-refractivity contribution in [1.82, 2.24) is 4.98 Å². The van der Waals surface area contributed by atoms with Gasteiger partial charge in [0.2, 0.25) is 0 Å². The highest BCUT2D eigenvalue weighted by Gasteiger charge is 2.26. The van der Waals surface area contributed by atoms with Gasteiger partial charge < -0.3 is 0 Å². The third-order valence-electron chi connectivity index (χ3n) is 2.76. The first-order chi connectivity index (χ1) is 8.80. The van der Waals surface area contributed by atoms with Crippen molar-refractivity contribution in [1.29, 1.82) is 0 Å². The van der Waals surface area contributed by atoms with E-state index in [4.69, 9.17) is 11.6 Å². The molecule has 100 valence electrons. The van der Waals surface area contributed by atoms with Crippen LogP contribution in [0.2, 0.25) is 5.02 Å². The van der Waals surface area contributed by atoms with Crippen molar-refractivity contribution in [3.8, 4) is 10.6 Å². The Bertz CT molecular complexity index is 625. The molecule has 0 saturated carbocycles. The lowest BCUT2D eigenvalue weighted by molar-refractivity contribution is 0.101. The van der Waals surface area contributed by atoms with Gasteiger partial charge in [-0.05, 0) is 6.07 Å². The van der Waals surface area contributed by atoms with Gasteiger partial charge in [0.05, 0.1) is 15.6 Å². The van der Waals surface area contributed by atoms with Gasteiger partial charge in [0.15, 0.2) is 5.78 Å². The lowest BCUT2D eigenvalue weighted by Gasteiger charge is -2.16. The molecule has 0 spiro atoms. The monoisotopic (exact) mass is 293 g/mol. The Morgan fingerprint density at radius 1 is 1.26 bits per heavy atom. The highest BCUT2D eigenvalue weighted by atomic mass is 35.5. The summed E-state index contributed by atoms with van der Waals surface area (Å²) >= 11 is 7.61. The van der Waals surface area contributed by atoms with Crippen molar-refractivity contribution >= 4 is 28.7 Å². The molecule has 4 heteroatoms. The van der Waals surface area contributed by atoms with Crippen LogP contribution in [-0.4, -0.2) is 10.8 Å². The highest BCUT2D eigenvalue weighted by Crippen LogP contribution is 2.37. The maximum Gasteiger partial charge on any atom is 0.171 e. The smallest absolute Gasteiger partial charge is 0.171 e. The maximum atomic E-state index is 11.8. The average Bonchev–Trinajstić information content (AvgIpc) is 2.74. The molecule has 1 aromatic heterocycles. The molecule has 0 aliphatic rings. The van der Waals surface area contributed by atoms with Crippen molar-refractivity contribution < 1.29 is 4.79 Å². The van der Waals surface area contributed by atoms with Crippen LogP contribution >= 0.6 is 22.9 Å². The summed E-state index contributed by atoms with van der Waals surface area (Å²) in [5.74, 6) is 0.0562. The lowest BCUT2D eigenvalue weighted by atomic mass is 9.90. The molecular formula is C15H16ClNOS. The average molecular weight is 294 g/mol. The Morgan fingerprint density at radius 3 is 2.37 bits per heavy atom. The van der Waals surface area contributed by atoms with Crippen LogP contribution in [0.3, 0.4) is 0 Å². The Balaban J connectivity index is 2.62. The van der Waals surface area contributed by atoms with Gasteiger partial charge in [-0.25, -0.2) is 4.98 Å². The summed E-state index contributed by atoms with van der Waals surface area (Å²) in [4.78, 5) is 17.2. The van der Waals surface area contributed by atoms with E-state index in [-0.39, 0.29) is 11.2 Å². The van der Waals surface area contributed by atoms with Gasteiger partial charge in [0, 0.05) is 17.9 Å². The number of hydrogen-bond acceptors (Lipinski definition) is 3. The number of rotatable bonds is 2. The number of benzene rings is 1. The van der Waals surface area contributed by atoms with Gasteiger partial charge in [-0.15, -0.1) is 11.3 Å². The van der Waals surface area contributed by atoms with Gasteiger partial charge in [-0.1, -0.05) is 50.6 Å². The molecule has 0 radical (unpaired) electrons. The van der Waals surface area contributed by atoms with Gasteiger partial charge in [-0.2, -0.15) is 0 Å². The summed E-state index contributed by atoms with van der Waals surface area (Å²) in [6, 6.07) is 7.57. The maximum absolute atomic E-state index is 11.8. The van der Waals surface area contributed by atoms with Crippen LogP contribution in [0.1, 0.15) is 43.1 Å². The molecule has 0 saturated heterocycles. The molecule has 0 aliphatic carbocycles. The molecule has 0 bridgehead atoms.